The van der Waals surface area contributed by atoms with E-state index in [9.17, 15) is 13.5 Å². The number of hydrogen-bond acceptors (Lipinski definition) is 3. The van der Waals surface area contributed by atoms with Crippen molar-refractivity contribution in [2.45, 2.75) is 25.7 Å². The topological polar surface area (TPSA) is 66.4 Å². The molecule has 2 aromatic carbocycles. The molecule has 0 aromatic heterocycles. The van der Waals surface area contributed by atoms with Gasteiger partial charge < -0.3 is 5.11 Å². The molecular weight excluding hydrogens is 274 g/mol. The fourth-order valence-electron chi connectivity index (χ4n) is 1.96. The number of anilines is 1. The summed E-state index contributed by atoms with van der Waals surface area (Å²) < 4.78 is 27.4. The summed E-state index contributed by atoms with van der Waals surface area (Å²) >= 11 is 0. The van der Waals surface area contributed by atoms with Gasteiger partial charge in [-0.3, -0.25) is 4.72 Å². The zero-order chi connectivity index (χ0) is 14.9. The van der Waals surface area contributed by atoms with Crippen molar-refractivity contribution in [1.29, 1.82) is 0 Å². The quantitative estimate of drug-likeness (QED) is 0.854. The molecule has 106 valence electrons. The van der Waals surface area contributed by atoms with Crippen LogP contribution in [-0.4, -0.2) is 13.5 Å². The Morgan fingerprint density at radius 1 is 0.950 bits per heavy atom. The highest BCUT2D eigenvalue weighted by Gasteiger charge is 2.18. The van der Waals surface area contributed by atoms with Gasteiger partial charge in [-0.25, -0.2) is 8.42 Å². The van der Waals surface area contributed by atoms with E-state index in [2.05, 4.69) is 4.72 Å². The molecule has 0 fully saturated rings. The standard InChI is InChI=1S/C15H17NO3S/c1-10-4-5-11(2)15(8-10)20(18,19)16-14-7-6-13(17)9-12(14)3/h4-9,16-17H,1-3H3. The van der Waals surface area contributed by atoms with Gasteiger partial charge in [0.25, 0.3) is 10.0 Å². The Bertz CT molecular complexity index is 752. The van der Waals surface area contributed by atoms with E-state index in [4.69, 9.17) is 0 Å². The lowest BCUT2D eigenvalue weighted by molar-refractivity contribution is 0.475. The van der Waals surface area contributed by atoms with E-state index in [1.54, 1.807) is 32.0 Å². The van der Waals surface area contributed by atoms with Gasteiger partial charge in [-0.2, -0.15) is 0 Å². The van der Waals surface area contributed by atoms with Gasteiger partial charge >= 0.3 is 0 Å². The van der Waals surface area contributed by atoms with Crippen molar-refractivity contribution in [2.24, 2.45) is 0 Å². The molecule has 0 aliphatic carbocycles. The molecule has 0 radical (unpaired) electrons. The van der Waals surface area contributed by atoms with Crippen LogP contribution in [0.1, 0.15) is 16.7 Å². The Kier molecular flexibility index (Phi) is 3.72. The molecular formula is C15H17NO3S. The summed E-state index contributed by atoms with van der Waals surface area (Å²) in [5, 5.41) is 9.36. The van der Waals surface area contributed by atoms with E-state index in [0.29, 0.717) is 16.8 Å². The number of aryl methyl sites for hydroxylation is 3. The van der Waals surface area contributed by atoms with Crippen LogP contribution in [-0.2, 0) is 10.0 Å². The summed E-state index contributed by atoms with van der Waals surface area (Å²) in [5.41, 5.74) is 2.71. The maximum absolute atomic E-state index is 12.4. The lowest BCUT2D eigenvalue weighted by atomic mass is 10.2. The van der Waals surface area contributed by atoms with Crippen LogP contribution in [0.15, 0.2) is 41.3 Å². The molecule has 2 aromatic rings. The van der Waals surface area contributed by atoms with Gasteiger partial charge in [-0.15, -0.1) is 0 Å². The molecule has 2 rings (SSSR count). The second kappa shape index (κ2) is 5.17. The first kappa shape index (κ1) is 14.4. The first-order chi connectivity index (χ1) is 9.29. The SMILES string of the molecule is Cc1ccc(C)c(S(=O)(=O)Nc2ccc(O)cc2C)c1. The highest BCUT2D eigenvalue weighted by atomic mass is 32.2. The monoisotopic (exact) mass is 291 g/mol. The molecule has 0 saturated heterocycles. The van der Waals surface area contributed by atoms with Crippen LogP contribution in [0.3, 0.4) is 0 Å². The third-order valence-corrected chi connectivity index (χ3v) is 4.59. The van der Waals surface area contributed by atoms with Crippen molar-refractivity contribution >= 4 is 15.7 Å². The van der Waals surface area contributed by atoms with Crippen molar-refractivity contribution in [3.8, 4) is 5.75 Å². The van der Waals surface area contributed by atoms with Crippen molar-refractivity contribution in [2.75, 3.05) is 4.72 Å². The van der Waals surface area contributed by atoms with E-state index in [-0.39, 0.29) is 10.6 Å². The van der Waals surface area contributed by atoms with Gasteiger partial charge in [0.1, 0.15) is 5.75 Å². The van der Waals surface area contributed by atoms with Crippen molar-refractivity contribution in [3.05, 3.63) is 53.1 Å². The summed E-state index contributed by atoms with van der Waals surface area (Å²) in [5.74, 6) is 0.109. The first-order valence-corrected chi connectivity index (χ1v) is 7.67. The molecule has 0 bridgehead atoms. The van der Waals surface area contributed by atoms with E-state index in [1.165, 1.54) is 12.1 Å². The van der Waals surface area contributed by atoms with Gasteiger partial charge in [-0.1, -0.05) is 12.1 Å². The number of hydrogen-bond donors (Lipinski definition) is 2. The Balaban J connectivity index is 2.43. The normalized spacial score (nSPS) is 11.3. The Morgan fingerprint density at radius 3 is 2.30 bits per heavy atom. The summed E-state index contributed by atoms with van der Waals surface area (Å²) in [6, 6.07) is 9.82. The Labute approximate surface area is 119 Å². The minimum atomic E-state index is -3.63. The number of rotatable bonds is 3. The maximum Gasteiger partial charge on any atom is 0.262 e. The van der Waals surface area contributed by atoms with E-state index in [0.717, 1.165) is 5.56 Å². The van der Waals surface area contributed by atoms with E-state index < -0.39 is 10.0 Å². The van der Waals surface area contributed by atoms with Crippen LogP contribution >= 0.6 is 0 Å². The summed E-state index contributed by atoms with van der Waals surface area (Å²) in [7, 11) is -3.63. The molecule has 0 heterocycles. The number of sulfonamides is 1. The van der Waals surface area contributed by atoms with Crippen LogP contribution in [0.25, 0.3) is 0 Å². The number of phenolic OH excluding ortho intramolecular Hbond substituents is 1. The molecule has 4 nitrogen and oxygen atoms in total. The minimum absolute atomic E-state index is 0.109. The predicted octanol–water partition coefficient (Wildman–Crippen LogP) is 3.12. The minimum Gasteiger partial charge on any atom is -0.508 e. The van der Waals surface area contributed by atoms with Gasteiger partial charge in [0.05, 0.1) is 10.6 Å². The fraction of sp³-hybridized carbons (Fsp3) is 0.200. The van der Waals surface area contributed by atoms with Crippen LogP contribution in [0.2, 0.25) is 0 Å². The predicted molar refractivity (Wildman–Crippen MR) is 79.6 cm³/mol. The highest BCUT2D eigenvalue weighted by Crippen LogP contribution is 2.25. The third kappa shape index (κ3) is 2.93. The van der Waals surface area contributed by atoms with Gasteiger partial charge in [-0.05, 0) is 61.7 Å². The van der Waals surface area contributed by atoms with Gasteiger partial charge in [0, 0.05) is 0 Å². The zero-order valence-corrected chi connectivity index (χ0v) is 12.5. The Morgan fingerprint density at radius 2 is 1.65 bits per heavy atom. The molecule has 0 unspecified atom stereocenters. The lowest BCUT2D eigenvalue weighted by Gasteiger charge is -2.13. The maximum atomic E-state index is 12.4. The molecule has 0 saturated carbocycles. The first-order valence-electron chi connectivity index (χ1n) is 6.19. The smallest absolute Gasteiger partial charge is 0.262 e. The number of phenols is 1. The van der Waals surface area contributed by atoms with Crippen LogP contribution < -0.4 is 4.72 Å². The molecule has 0 atom stereocenters. The lowest BCUT2D eigenvalue weighted by Crippen LogP contribution is -2.15. The molecule has 2 N–H and O–H groups in total. The highest BCUT2D eigenvalue weighted by molar-refractivity contribution is 7.92. The van der Waals surface area contributed by atoms with E-state index in [1.807, 2.05) is 13.0 Å². The molecule has 20 heavy (non-hydrogen) atoms. The largest absolute Gasteiger partial charge is 0.508 e. The summed E-state index contributed by atoms with van der Waals surface area (Å²) in [6.07, 6.45) is 0. The number of aromatic hydroxyl groups is 1. The van der Waals surface area contributed by atoms with Crippen molar-refractivity contribution in [1.82, 2.24) is 0 Å². The summed E-state index contributed by atoms with van der Waals surface area (Å²) in [4.78, 5) is 0.268. The number of nitrogens with one attached hydrogen (secondary N) is 1. The zero-order valence-electron chi connectivity index (χ0n) is 11.6. The molecule has 0 spiro atoms. The number of benzene rings is 2. The molecule has 0 amide bonds. The second-order valence-corrected chi connectivity index (χ2v) is 6.52. The van der Waals surface area contributed by atoms with Crippen LogP contribution in [0, 0.1) is 20.8 Å². The van der Waals surface area contributed by atoms with Gasteiger partial charge in [0.2, 0.25) is 0 Å². The summed E-state index contributed by atoms with van der Waals surface area (Å²) in [6.45, 7) is 5.35. The second-order valence-electron chi connectivity index (χ2n) is 4.87. The van der Waals surface area contributed by atoms with Crippen molar-refractivity contribution in [3.63, 3.8) is 0 Å². The molecule has 5 heteroatoms. The molecule has 0 aliphatic rings. The fourth-order valence-corrected chi connectivity index (χ4v) is 3.42. The van der Waals surface area contributed by atoms with Crippen LogP contribution in [0.4, 0.5) is 5.69 Å². The molecule has 0 aliphatic heterocycles. The average Bonchev–Trinajstić information content (AvgIpc) is 2.35. The van der Waals surface area contributed by atoms with Crippen LogP contribution in [0.5, 0.6) is 5.75 Å². The third-order valence-electron chi connectivity index (χ3n) is 3.09. The average molecular weight is 291 g/mol. The van der Waals surface area contributed by atoms with E-state index >= 15 is 0 Å². The van der Waals surface area contributed by atoms with Crippen molar-refractivity contribution < 1.29 is 13.5 Å². The Hall–Kier alpha value is -2.01. The van der Waals surface area contributed by atoms with Gasteiger partial charge in [0.15, 0.2) is 0 Å².